The highest BCUT2D eigenvalue weighted by Gasteiger charge is 2.20. The highest BCUT2D eigenvalue weighted by Crippen LogP contribution is 2.29. The van der Waals surface area contributed by atoms with Crippen molar-refractivity contribution in [2.45, 2.75) is 19.9 Å². The minimum Gasteiger partial charge on any atom is -0.495 e. The number of ketones is 1. The van der Waals surface area contributed by atoms with Crippen LogP contribution in [0.3, 0.4) is 0 Å². The molecule has 1 heterocycles. The second kappa shape index (κ2) is 7.31. The lowest BCUT2D eigenvalue weighted by molar-refractivity contribution is -0.114. The Labute approximate surface area is 151 Å². The van der Waals surface area contributed by atoms with Gasteiger partial charge in [-0.05, 0) is 31.2 Å². The number of Topliss-reactive ketones (excluding diaryl/α,β-unsaturated/α-hetero) is 1. The third-order valence-corrected chi connectivity index (χ3v) is 4.14. The molecule has 3 rings (SSSR count). The summed E-state index contributed by atoms with van der Waals surface area (Å²) in [6.45, 7) is 3.25. The average Bonchev–Trinajstić information content (AvgIpc) is 3.05. The number of aromatic nitrogens is 1. The van der Waals surface area contributed by atoms with Gasteiger partial charge in [-0.25, -0.2) is 0 Å². The lowest BCUT2D eigenvalue weighted by atomic mass is 10.0. The lowest BCUT2D eigenvalue weighted by Crippen LogP contribution is -2.26. The van der Waals surface area contributed by atoms with Gasteiger partial charge in [0.25, 0.3) is 0 Å². The molecule has 0 saturated heterocycles. The van der Waals surface area contributed by atoms with E-state index in [0.717, 1.165) is 10.9 Å². The molecule has 0 spiro atoms. The Morgan fingerprint density at radius 2 is 1.92 bits per heavy atom. The molecule has 1 amide bonds. The van der Waals surface area contributed by atoms with Crippen molar-refractivity contribution in [3.05, 3.63) is 54.2 Å². The number of para-hydroxylation sites is 1. The summed E-state index contributed by atoms with van der Waals surface area (Å²) < 4.78 is 5.35. The number of methoxy groups -OCH3 is 1. The van der Waals surface area contributed by atoms with Crippen molar-refractivity contribution in [1.82, 2.24) is 4.98 Å². The first kappa shape index (κ1) is 17.5. The number of carbonyl (C=O) groups is 2. The molecule has 1 atom stereocenters. The van der Waals surface area contributed by atoms with Crippen LogP contribution in [0.4, 0.5) is 11.4 Å². The number of benzene rings is 2. The van der Waals surface area contributed by atoms with Crippen LogP contribution in [0.25, 0.3) is 10.9 Å². The Hall–Kier alpha value is -3.28. The van der Waals surface area contributed by atoms with Gasteiger partial charge in [0.05, 0.1) is 18.8 Å². The summed E-state index contributed by atoms with van der Waals surface area (Å²) in [4.78, 5) is 27.3. The zero-order valence-corrected chi connectivity index (χ0v) is 14.9. The molecule has 0 aliphatic rings. The van der Waals surface area contributed by atoms with Crippen LogP contribution in [0, 0.1) is 0 Å². The summed E-state index contributed by atoms with van der Waals surface area (Å²) in [6.07, 6.45) is 1.73. The number of ether oxygens (including phenoxy) is 1. The minimum absolute atomic E-state index is 0.0329. The van der Waals surface area contributed by atoms with E-state index in [4.69, 9.17) is 4.74 Å². The normalized spacial score (nSPS) is 11.8. The van der Waals surface area contributed by atoms with Crippen molar-refractivity contribution in [3.8, 4) is 5.75 Å². The number of rotatable bonds is 6. The molecule has 6 nitrogen and oxygen atoms in total. The molecular formula is C20H21N3O3. The number of H-pyrrole nitrogens is 1. The zero-order valence-electron chi connectivity index (χ0n) is 14.9. The first-order valence-corrected chi connectivity index (χ1v) is 8.32. The molecule has 3 N–H and O–H groups in total. The standard InChI is InChI=1S/C20H21N3O3/c1-12(20(25)16-11-21-17-7-5-4-6-15(16)17)22-18-10-14(23-13(2)24)8-9-19(18)26-3/h4-12,21-22H,1-3H3,(H,23,24). The smallest absolute Gasteiger partial charge is 0.221 e. The van der Waals surface area contributed by atoms with E-state index >= 15 is 0 Å². The molecule has 0 bridgehead atoms. The van der Waals surface area contributed by atoms with Crippen molar-refractivity contribution in [2.75, 3.05) is 17.7 Å². The van der Waals surface area contributed by atoms with Crippen LogP contribution < -0.4 is 15.4 Å². The van der Waals surface area contributed by atoms with Crippen LogP contribution in [-0.2, 0) is 4.79 Å². The number of nitrogens with one attached hydrogen (secondary N) is 3. The van der Waals surface area contributed by atoms with Crippen LogP contribution >= 0.6 is 0 Å². The van der Waals surface area contributed by atoms with Crippen LogP contribution in [0.2, 0.25) is 0 Å². The number of fused-ring (bicyclic) bond motifs is 1. The van der Waals surface area contributed by atoms with Crippen molar-refractivity contribution >= 4 is 34.0 Å². The second-order valence-electron chi connectivity index (χ2n) is 6.07. The molecule has 0 radical (unpaired) electrons. The van der Waals surface area contributed by atoms with Crippen LogP contribution in [0.15, 0.2) is 48.7 Å². The Balaban J connectivity index is 1.85. The van der Waals surface area contributed by atoms with E-state index in [2.05, 4.69) is 15.6 Å². The Morgan fingerprint density at radius 1 is 1.15 bits per heavy atom. The second-order valence-corrected chi connectivity index (χ2v) is 6.07. The third kappa shape index (κ3) is 3.54. The summed E-state index contributed by atoms with van der Waals surface area (Å²) in [7, 11) is 1.56. The molecule has 2 aromatic carbocycles. The molecule has 1 aromatic heterocycles. The van der Waals surface area contributed by atoms with Crippen molar-refractivity contribution < 1.29 is 14.3 Å². The quantitative estimate of drug-likeness (QED) is 0.590. The maximum atomic E-state index is 12.9. The first-order chi connectivity index (χ1) is 12.5. The molecular weight excluding hydrogens is 330 g/mol. The minimum atomic E-state index is -0.476. The maximum Gasteiger partial charge on any atom is 0.221 e. The van der Waals surface area contributed by atoms with E-state index in [0.29, 0.717) is 22.7 Å². The molecule has 0 aliphatic heterocycles. The fraction of sp³-hybridized carbons (Fsp3) is 0.200. The van der Waals surface area contributed by atoms with E-state index < -0.39 is 6.04 Å². The zero-order chi connectivity index (χ0) is 18.7. The van der Waals surface area contributed by atoms with E-state index in [1.807, 2.05) is 24.3 Å². The summed E-state index contributed by atoms with van der Waals surface area (Å²) in [6, 6.07) is 12.5. The molecule has 1 unspecified atom stereocenters. The van der Waals surface area contributed by atoms with E-state index in [9.17, 15) is 9.59 Å². The summed E-state index contributed by atoms with van der Waals surface area (Å²) in [5.74, 6) is 0.399. The number of amides is 1. The SMILES string of the molecule is COc1ccc(NC(C)=O)cc1NC(C)C(=O)c1c[nH]c2ccccc12. The van der Waals surface area contributed by atoms with Crippen molar-refractivity contribution in [2.24, 2.45) is 0 Å². The fourth-order valence-corrected chi connectivity index (χ4v) is 2.91. The molecule has 134 valence electrons. The predicted molar refractivity (Wildman–Crippen MR) is 103 cm³/mol. The van der Waals surface area contributed by atoms with Crippen LogP contribution in [0.5, 0.6) is 5.75 Å². The van der Waals surface area contributed by atoms with Gasteiger partial charge < -0.3 is 20.4 Å². The molecule has 26 heavy (non-hydrogen) atoms. The van der Waals surface area contributed by atoms with Gasteiger partial charge in [0.2, 0.25) is 5.91 Å². The van der Waals surface area contributed by atoms with Gasteiger partial charge in [0, 0.05) is 35.3 Å². The number of carbonyl (C=O) groups excluding carboxylic acids is 2. The first-order valence-electron chi connectivity index (χ1n) is 8.32. The van der Waals surface area contributed by atoms with Gasteiger partial charge in [-0.1, -0.05) is 18.2 Å². The Kier molecular flexibility index (Phi) is 4.93. The van der Waals surface area contributed by atoms with Crippen molar-refractivity contribution in [1.29, 1.82) is 0 Å². The predicted octanol–water partition coefficient (Wildman–Crippen LogP) is 3.82. The fourth-order valence-electron chi connectivity index (χ4n) is 2.91. The number of hydrogen-bond acceptors (Lipinski definition) is 4. The number of anilines is 2. The molecule has 0 fully saturated rings. The topological polar surface area (TPSA) is 83.2 Å². The number of hydrogen-bond donors (Lipinski definition) is 3. The largest absolute Gasteiger partial charge is 0.495 e. The van der Waals surface area contributed by atoms with Gasteiger partial charge in [-0.3, -0.25) is 9.59 Å². The highest BCUT2D eigenvalue weighted by molar-refractivity contribution is 6.11. The molecule has 3 aromatic rings. The summed E-state index contributed by atoms with van der Waals surface area (Å²) >= 11 is 0. The van der Waals surface area contributed by atoms with Gasteiger partial charge in [0.15, 0.2) is 5.78 Å². The lowest BCUT2D eigenvalue weighted by Gasteiger charge is -2.17. The average molecular weight is 351 g/mol. The van der Waals surface area contributed by atoms with E-state index in [1.54, 1.807) is 38.4 Å². The molecule has 6 heteroatoms. The van der Waals surface area contributed by atoms with Gasteiger partial charge >= 0.3 is 0 Å². The molecule has 0 aliphatic carbocycles. The van der Waals surface area contributed by atoms with Crippen molar-refractivity contribution in [3.63, 3.8) is 0 Å². The molecule has 0 saturated carbocycles. The summed E-state index contributed by atoms with van der Waals surface area (Å²) in [5, 5.41) is 6.81. The van der Waals surface area contributed by atoms with Gasteiger partial charge in [-0.15, -0.1) is 0 Å². The van der Waals surface area contributed by atoms with E-state index in [-0.39, 0.29) is 11.7 Å². The van der Waals surface area contributed by atoms with Gasteiger partial charge in [-0.2, -0.15) is 0 Å². The summed E-state index contributed by atoms with van der Waals surface area (Å²) in [5.41, 5.74) is 2.83. The van der Waals surface area contributed by atoms with Crippen LogP contribution in [-0.4, -0.2) is 29.8 Å². The maximum absolute atomic E-state index is 12.9. The van der Waals surface area contributed by atoms with Gasteiger partial charge in [0.1, 0.15) is 5.75 Å². The monoisotopic (exact) mass is 351 g/mol. The number of aromatic amines is 1. The Morgan fingerprint density at radius 3 is 2.65 bits per heavy atom. The van der Waals surface area contributed by atoms with Crippen LogP contribution in [0.1, 0.15) is 24.2 Å². The van der Waals surface area contributed by atoms with E-state index in [1.165, 1.54) is 6.92 Å². The highest BCUT2D eigenvalue weighted by atomic mass is 16.5. The third-order valence-electron chi connectivity index (χ3n) is 4.14. The Bertz CT molecular complexity index is 962.